The number of aliphatic hydroxyl groups is 1. The molecular formula is C26H36O4. The van der Waals surface area contributed by atoms with E-state index >= 15 is 0 Å². The Hall–Kier alpha value is -2.20. The van der Waals surface area contributed by atoms with Gasteiger partial charge in [-0.05, 0) is 64.4 Å². The van der Waals surface area contributed by atoms with Gasteiger partial charge >= 0.3 is 5.97 Å². The Morgan fingerprint density at radius 2 is 1.90 bits per heavy atom. The van der Waals surface area contributed by atoms with E-state index in [0.717, 1.165) is 32.1 Å². The van der Waals surface area contributed by atoms with Gasteiger partial charge in [0.15, 0.2) is 0 Å². The van der Waals surface area contributed by atoms with Crippen LogP contribution in [0.5, 0.6) is 0 Å². The van der Waals surface area contributed by atoms with Crippen LogP contribution in [-0.4, -0.2) is 29.1 Å². The number of aryl methyl sites for hydroxylation is 1. The molecule has 0 radical (unpaired) electrons. The molecule has 2 atom stereocenters. The summed E-state index contributed by atoms with van der Waals surface area (Å²) in [5.74, 6) is 0.0721. The first-order valence-electron chi connectivity index (χ1n) is 11.2. The number of ketones is 1. The van der Waals surface area contributed by atoms with E-state index in [1.165, 1.54) is 11.1 Å². The Morgan fingerprint density at radius 3 is 2.63 bits per heavy atom. The Morgan fingerprint density at radius 1 is 1.17 bits per heavy atom. The number of ether oxygens (including phenoxy) is 1. The highest BCUT2D eigenvalue weighted by Gasteiger charge is 2.26. The molecule has 0 unspecified atom stereocenters. The van der Waals surface area contributed by atoms with Gasteiger partial charge in [0.1, 0.15) is 5.78 Å². The molecule has 4 nitrogen and oxygen atoms in total. The van der Waals surface area contributed by atoms with Crippen molar-refractivity contribution in [2.75, 3.05) is 0 Å². The number of esters is 1. The lowest BCUT2D eigenvalue weighted by Crippen LogP contribution is -2.13. The number of carbonyl (C=O) groups is 2. The van der Waals surface area contributed by atoms with Gasteiger partial charge < -0.3 is 9.84 Å². The molecule has 0 aromatic heterocycles. The molecule has 0 saturated heterocycles. The fraction of sp³-hybridized carbons (Fsp3) is 0.538. The molecule has 0 spiro atoms. The maximum absolute atomic E-state index is 12.2. The number of allylic oxidation sites excluding steroid dienone is 4. The van der Waals surface area contributed by atoms with E-state index < -0.39 is 0 Å². The van der Waals surface area contributed by atoms with Crippen molar-refractivity contribution in [1.29, 1.82) is 0 Å². The smallest absolute Gasteiger partial charge is 0.306 e. The van der Waals surface area contributed by atoms with Gasteiger partial charge in [0.05, 0.1) is 12.2 Å². The van der Waals surface area contributed by atoms with E-state index in [1.807, 2.05) is 38.1 Å². The number of aliphatic hydroxyl groups excluding tert-OH is 1. The number of hydrogen-bond donors (Lipinski definition) is 1. The van der Waals surface area contributed by atoms with Gasteiger partial charge in [-0.2, -0.15) is 0 Å². The second-order valence-electron chi connectivity index (χ2n) is 8.36. The molecule has 0 heterocycles. The van der Waals surface area contributed by atoms with Crippen LogP contribution < -0.4 is 0 Å². The minimum atomic E-state index is -0.344. The lowest BCUT2D eigenvalue weighted by Gasteiger charge is -2.15. The van der Waals surface area contributed by atoms with Crippen LogP contribution in [0.15, 0.2) is 54.1 Å². The fourth-order valence-corrected chi connectivity index (χ4v) is 3.77. The normalized spacial score (nSPS) is 17.5. The molecule has 1 N–H and O–H groups in total. The van der Waals surface area contributed by atoms with Crippen molar-refractivity contribution in [2.45, 2.75) is 83.8 Å². The number of unbranched alkanes of at least 4 members (excludes halogenated alkanes) is 1. The maximum Gasteiger partial charge on any atom is 0.306 e. The van der Waals surface area contributed by atoms with Crippen LogP contribution in [0.2, 0.25) is 0 Å². The van der Waals surface area contributed by atoms with Crippen molar-refractivity contribution in [1.82, 2.24) is 0 Å². The number of Topliss-reactive ketones (excluding diaryl/α,β-unsaturated/α-hetero) is 1. The lowest BCUT2D eigenvalue weighted by molar-refractivity contribution is -0.147. The summed E-state index contributed by atoms with van der Waals surface area (Å²) in [5, 5.41) is 10.3. The maximum atomic E-state index is 12.2. The average molecular weight is 413 g/mol. The lowest BCUT2D eigenvalue weighted by atomic mass is 9.91. The third-order valence-corrected chi connectivity index (χ3v) is 5.43. The van der Waals surface area contributed by atoms with Crippen LogP contribution >= 0.6 is 0 Å². The summed E-state index contributed by atoms with van der Waals surface area (Å²) in [6.45, 7) is 3.70. The zero-order chi connectivity index (χ0) is 21.8. The van der Waals surface area contributed by atoms with Crippen molar-refractivity contribution >= 4 is 11.8 Å². The molecule has 2 rings (SSSR count). The standard InChI is InChI=1S/C26H36O4/c1-20(2)30-26(29)13-9-4-3-8-12-24-22(16-19-25(24)28)15-18-23(27)17-14-21-10-6-5-7-11-21/h3,5-8,10-11,16,20,23-24,27H,4,9,12-15,17-19H2,1-2H3/t23-,24+/m0/s1. The minimum Gasteiger partial charge on any atom is -0.463 e. The van der Waals surface area contributed by atoms with E-state index in [9.17, 15) is 14.7 Å². The monoisotopic (exact) mass is 412 g/mol. The van der Waals surface area contributed by atoms with Crippen molar-refractivity contribution < 1.29 is 19.4 Å². The zero-order valence-corrected chi connectivity index (χ0v) is 18.4. The molecule has 1 aromatic rings. The first-order valence-corrected chi connectivity index (χ1v) is 11.2. The molecule has 1 aromatic carbocycles. The van der Waals surface area contributed by atoms with Gasteiger partial charge in [-0.25, -0.2) is 0 Å². The summed E-state index contributed by atoms with van der Waals surface area (Å²) in [7, 11) is 0. The number of hydrogen-bond acceptors (Lipinski definition) is 4. The van der Waals surface area contributed by atoms with Crippen LogP contribution in [0.4, 0.5) is 0 Å². The predicted molar refractivity (Wildman–Crippen MR) is 120 cm³/mol. The zero-order valence-electron chi connectivity index (χ0n) is 18.4. The van der Waals surface area contributed by atoms with Crippen molar-refractivity contribution in [3.8, 4) is 0 Å². The van der Waals surface area contributed by atoms with Gasteiger partial charge in [-0.3, -0.25) is 9.59 Å². The van der Waals surface area contributed by atoms with Gasteiger partial charge in [-0.15, -0.1) is 0 Å². The van der Waals surface area contributed by atoms with E-state index in [4.69, 9.17) is 4.74 Å². The molecule has 30 heavy (non-hydrogen) atoms. The number of carbonyl (C=O) groups excluding carboxylic acids is 2. The average Bonchev–Trinajstić information content (AvgIpc) is 3.07. The summed E-state index contributed by atoms with van der Waals surface area (Å²) in [4.78, 5) is 23.8. The van der Waals surface area contributed by atoms with Crippen molar-refractivity contribution in [2.24, 2.45) is 5.92 Å². The van der Waals surface area contributed by atoms with Crippen molar-refractivity contribution in [3.05, 3.63) is 59.7 Å². The van der Waals surface area contributed by atoms with E-state index in [-0.39, 0.29) is 29.9 Å². The molecule has 1 aliphatic carbocycles. The number of benzene rings is 1. The van der Waals surface area contributed by atoms with Gasteiger partial charge in [0.2, 0.25) is 0 Å². The first-order chi connectivity index (χ1) is 14.5. The molecule has 0 amide bonds. The van der Waals surface area contributed by atoms with Crippen LogP contribution in [0.25, 0.3) is 0 Å². The van der Waals surface area contributed by atoms with Gasteiger partial charge in [-0.1, -0.05) is 54.1 Å². The van der Waals surface area contributed by atoms with Crippen LogP contribution in [0, 0.1) is 5.92 Å². The topological polar surface area (TPSA) is 63.6 Å². The molecule has 0 fully saturated rings. The van der Waals surface area contributed by atoms with Crippen molar-refractivity contribution in [3.63, 3.8) is 0 Å². The van der Waals surface area contributed by atoms with Crippen LogP contribution in [0.3, 0.4) is 0 Å². The Bertz CT molecular complexity index is 718. The van der Waals surface area contributed by atoms with Crippen LogP contribution in [0.1, 0.15) is 70.8 Å². The summed E-state index contributed by atoms with van der Waals surface area (Å²) < 4.78 is 5.12. The Balaban J connectivity index is 1.66. The van der Waals surface area contributed by atoms with E-state index in [1.54, 1.807) is 0 Å². The van der Waals surface area contributed by atoms with Gasteiger partial charge in [0.25, 0.3) is 0 Å². The summed E-state index contributed by atoms with van der Waals surface area (Å²) in [6.07, 6.45) is 12.1. The molecule has 0 saturated carbocycles. The third kappa shape index (κ3) is 9.08. The molecule has 164 valence electrons. The molecule has 0 aliphatic heterocycles. The second kappa shape index (κ2) is 13.2. The predicted octanol–water partition coefficient (Wildman–Crippen LogP) is 5.34. The Kier molecular flexibility index (Phi) is 10.6. The third-order valence-electron chi connectivity index (χ3n) is 5.43. The van der Waals surface area contributed by atoms with Crippen LogP contribution in [-0.2, 0) is 20.7 Å². The Labute approximate surface area is 181 Å². The molecule has 0 bridgehead atoms. The van der Waals surface area contributed by atoms with E-state index in [0.29, 0.717) is 25.7 Å². The highest BCUT2D eigenvalue weighted by Crippen LogP contribution is 2.30. The quantitative estimate of drug-likeness (QED) is 0.270. The second-order valence-corrected chi connectivity index (χ2v) is 8.36. The first kappa shape index (κ1) is 24.1. The number of rotatable bonds is 13. The highest BCUT2D eigenvalue weighted by molar-refractivity contribution is 5.88. The summed E-state index contributed by atoms with van der Waals surface area (Å²) in [5.41, 5.74) is 2.41. The largest absolute Gasteiger partial charge is 0.463 e. The van der Waals surface area contributed by atoms with Gasteiger partial charge in [0, 0.05) is 18.8 Å². The molecule has 4 heteroatoms. The SMILES string of the molecule is CC(C)OC(=O)CCCC=CC[C@H]1C(=O)CC=C1CC[C@@H](O)CCc1ccccc1. The fourth-order valence-electron chi connectivity index (χ4n) is 3.77. The molecular weight excluding hydrogens is 376 g/mol. The minimum absolute atomic E-state index is 0.0477. The molecule has 1 aliphatic rings. The summed E-state index contributed by atoms with van der Waals surface area (Å²) in [6, 6.07) is 10.2. The highest BCUT2D eigenvalue weighted by atomic mass is 16.5. The summed E-state index contributed by atoms with van der Waals surface area (Å²) >= 11 is 0. The van der Waals surface area contributed by atoms with E-state index in [2.05, 4.69) is 24.3 Å².